The van der Waals surface area contributed by atoms with E-state index in [0.29, 0.717) is 12.8 Å². The predicted molar refractivity (Wildman–Crippen MR) is 91.0 cm³/mol. The first-order chi connectivity index (χ1) is 12.3. The Morgan fingerprint density at radius 3 is 2.04 bits per heavy atom. The smallest absolute Gasteiger partial charge is 0.326 e. The molecular weight excluding hydrogens is 346 g/mol. The normalized spacial score (nSPS) is 24.9. The van der Waals surface area contributed by atoms with Crippen LogP contribution in [0.25, 0.3) is 0 Å². The van der Waals surface area contributed by atoms with Crippen molar-refractivity contribution in [1.29, 1.82) is 0 Å². The van der Waals surface area contributed by atoms with Crippen molar-refractivity contribution in [3.8, 4) is 0 Å². The number of nitrogens with zero attached hydrogens (tertiary/aromatic N) is 1. The molecule has 0 bridgehead atoms. The van der Waals surface area contributed by atoms with Crippen molar-refractivity contribution < 1.29 is 33.8 Å². The first-order valence-electron chi connectivity index (χ1n) is 9.09. The Hall–Kier alpha value is -1.74. The minimum Gasteiger partial charge on any atom is -0.465 e. The first-order valence-corrected chi connectivity index (χ1v) is 9.09. The Bertz CT molecular complexity index is 487. The fourth-order valence-corrected chi connectivity index (χ4v) is 3.32. The van der Waals surface area contributed by atoms with Gasteiger partial charge in [0.25, 0.3) is 0 Å². The van der Waals surface area contributed by atoms with E-state index in [9.17, 15) is 24.8 Å². The number of hydrogen-bond donors (Lipinski definition) is 1. The maximum absolute atomic E-state index is 12.6. The highest BCUT2D eigenvalue weighted by Gasteiger charge is 2.64. The van der Waals surface area contributed by atoms with E-state index in [0.717, 1.165) is 0 Å². The van der Waals surface area contributed by atoms with Crippen LogP contribution in [0, 0.1) is 15.5 Å². The third kappa shape index (κ3) is 4.50. The monoisotopic (exact) mass is 375 g/mol. The van der Waals surface area contributed by atoms with Crippen molar-refractivity contribution in [3.05, 3.63) is 10.1 Å². The van der Waals surface area contributed by atoms with E-state index in [4.69, 9.17) is 14.2 Å². The molecule has 0 spiro atoms. The largest absolute Gasteiger partial charge is 0.465 e. The lowest BCUT2D eigenvalue weighted by Gasteiger charge is -2.42. The fourth-order valence-electron chi connectivity index (χ4n) is 3.32. The second-order valence-corrected chi connectivity index (χ2v) is 6.35. The van der Waals surface area contributed by atoms with E-state index >= 15 is 0 Å². The molecule has 150 valence electrons. The lowest BCUT2D eigenvalue weighted by atomic mass is 9.68. The molecule has 0 radical (unpaired) electrons. The van der Waals surface area contributed by atoms with Gasteiger partial charge in [0.1, 0.15) is 6.10 Å². The highest BCUT2D eigenvalue weighted by atomic mass is 16.6. The first kappa shape index (κ1) is 22.3. The molecule has 3 atom stereocenters. The van der Waals surface area contributed by atoms with Crippen LogP contribution in [0.2, 0.25) is 0 Å². The van der Waals surface area contributed by atoms with Gasteiger partial charge in [0.05, 0.1) is 25.4 Å². The Kier molecular flexibility index (Phi) is 8.42. The lowest BCUT2D eigenvalue weighted by Crippen LogP contribution is -2.62. The molecule has 9 heteroatoms. The molecule has 1 N–H and O–H groups in total. The van der Waals surface area contributed by atoms with Crippen molar-refractivity contribution in [2.75, 3.05) is 13.2 Å². The Morgan fingerprint density at radius 1 is 1.15 bits per heavy atom. The van der Waals surface area contributed by atoms with E-state index in [1.54, 1.807) is 13.8 Å². The number of rotatable bonds is 9. The van der Waals surface area contributed by atoms with Crippen molar-refractivity contribution in [2.24, 2.45) is 5.41 Å². The van der Waals surface area contributed by atoms with Crippen LogP contribution < -0.4 is 0 Å². The van der Waals surface area contributed by atoms with Crippen LogP contribution in [-0.2, 0) is 23.8 Å². The third-order valence-corrected chi connectivity index (χ3v) is 4.77. The molecule has 0 aromatic carbocycles. The van der Waals surface area contributed by atoms with Gasteiger partial charge in [0, 0.05) is 17.8 Å². The average molecular weight is 375 g/mol. The van der Waals surface area contributed by atoms with Crippen LogP contribution in [-0.4, -0.2) is 59.5 Å². The maximum atomic E-state index is 12.6. The number of nitro groups is 1. The van der Waals surface area contributed by atoms with Gasteiger partial charge < -0.3 is 19.3 Å². The number of hydrogen-bond acceptors (Lipinski definition) is 8. The molecule has 1 unspecified atom stereocenters. The van der Waals surface area contributed by atoms with Gasteiger partial charge in [-0.2, -0.15) is 0 Å². The van der Waals surface area contributed by atoms with E-state index in [1.165, 1.54) is 0 Å². The molecule has 0 aliphatic heterocycles. The zero-order valence-corrected chi connectivity index (χ0v) is 15.8. The molecule has 0 heterocycles. The van der Waals surface area contributed by atoms with Crippen molar-refractivity contribution in [1.82, 2.24) is 0 Å². The summed E-state index contributed by atoms with van der Waals surface area (Å²) in [5, 5.41) is 22.3. The van der Waals surface area contributed by atoms with Crippen LogP contribution in [0.4, 0.5) is 0 Å². The number of ether oxygens (including phenoxy) is 3. The van der Waals surface area contributed by atoms with Crippen molar-refractivity contribution in [3.63, 3.8) is 0 Å². The zero-order valence-electron chi connectivity index (χ0n) is 15.8. The minimum atomic E-state index is -2.17. The quantitative estimate of drug-likeness (QED) is 0.278. The number of aliphatic hydroxyl groups excluding tert-OH is 1. The lowest BCUT2D eigenvalue weighted by molar-refractivity contribution is -0.533. The molecule has 1 aliphatic rings. The summed E-state index contributed by atoms with van der Waals surface area (Å²) in [5.41, 5.74) is -2.17. The molecule has 0 aromatic heterocycles. The summed E-state index contributed by atoms with van der Waals surface area (Å²) in [6.07, 6.45) is -2.19. The fraction of sp³-hybridized carbons (Fsp3) is 0.882. The standard InChI is InChI=1S/C17H29NO8/c1-5-12(6-2)26-13-9-11(18(22)23)10-17(14(13)19,15(20)24-7-3)16(21)25-8-4/h11-14,19H,5-10H2,1-4H3/t11-,13?,14+/m0/s1. The number of carbonyl (C=O) groups is 2. The van der Waals surface area contributed by atoms with Crippen LogP contribution in [0.1, 0.15) is 53.4 Å². The Balaban J connectivity index is 3.34. The Labute approximate surface area is 153 Å². The average Bonchev–Trinajstić information content (AvgIpc) is 2.61. The van der Waals surface area contributed by atoms with E-state index < -0.39 is 46.9 Å². The molecule has 0 saturated heterocycles. The highest BCUT2D eigenvalue weighted by Crippen LogP contribution is 2.42. The summed E-state index contributed by atoms with van der Waals surface area (Å²) in [5.74, 6) is -2.04. The molecule has 0 amide bonds. The van der Waals surface area contributed by atoms with Crippen LogP contribution in [0.3, 0.4) is 0 Å². The van der Waals surface area contributed by atoms with E-state index in [1.807, 2.05) is 13.8 Å². The van der Waals surface area contributed by atoms with Gasteiger partial charge in [-0.1, -0.05) is 13.8 Å². The zero-order chi connectivity index (χ0) is 19.9. The van der Waals surface area contributed by atoms with Gasteiger partial charge in [-0.05, 0) is 26.7 Å². The third-order valence-electron chi connectivity index (χ3n) is 4.77. The van der Waals surface area contributed by atoms with Gasteiger partial charge in [0.15, 0.2) is 5.41 Å². The molecule has 26 heavy (non-hydrogen) atoms. The second kappa shape index (κ2) is 9.82. The second-order valence-electron chi connectivity index (χ2n) is 6.35. The molecule has 1 rings (SSSR count). The summed E-state index contributed by atoms with van der Waals surface area (Å²) >= 11 is 0. The van der Waals surface area contributed by atoms with Gasteiger partial charge in [-0.25, -0.2) is 0 Å². The van der Waals surface area contributed by atoms with Gasteiger partial charge >= 0.3 is 11.9 Å². The summed E-state index contributed by atoms with van der Waals surface area (Å²) in [4.78, 5) is 36.1. The topological polar surface area (TPSA) is 125 Å². The van der Waals surface area contributed by atoms with Crippen LogP contribution >= 0.6 is 0 Å². The van der Waals surface area contributed by atoms with Crippen molar-refractivity contribution in [2.45, 2.75) is 77.7 Å². The van der Waals surface area contributed by atoms with Gasteiger partial charge in [0.2, 0.25) is 6.04 Å². The van der Waals surface area contributed by atoms with Gasteiger partial charge in [-0.15, -0.1) is 0 Å². The van der Waals surface area contributed by atoms with Crippen LogP contribution in [0.15, 0.2) is 0 Å². The highest BCUT2D eigenvalue weighted by molar-refractivity contribution is 6.01. The maximum Gasteiger partial charge on any atom is 0.326 e. The minimum absolute atomic E-state index is 0.0338. The summed E-state index contributed by atoms with van der Waals surface area (Å²) in [6.45, 7) is 6.81. The van der Waals surface area contributed by atoms with E-state index in [-0.39, 0.29) is 25.7 Å². The SMILES string of the molecule is CCOC(=O)C1(C(=O)OCC)C[C@@H]([N+](=O)[O-])CC(OC(CC)CC)[C@H]1O. The molecule has 1 aliphatic carbocycles. The molecule has 9 nitrogen and oxygen atoms in total. The summed E-state index contributed by atoms with van der Waals surface area (Å²) in [6, 6.07) is -1.23. The molecular formula is C17H29NO8. The van der Waals surface area contributed by atoms with Crippen molar-refractivity contribution >= 4 is 11.9 Å². The number of esters is 2. The van der Waals surface area contributed by atoms with Crippen LogP contribution in [0.5, 0.6) is 0 Å². The summed E-state index contributed by atoms with van der Waals surface area (Å²) in [7, 11) is 0. The summed E-state index contributed by atoms with van der Waals surface area (Å²) < 4.78 is 15.8. The number of aliphatic hydroxyl groups is 1. The van der Waals surface area contributed by atoms with E-state index in [2.05, 4.69) is 0 Å². The number of carbonyl (C=O) groups excluding carboxylic acids is 2. The molecule has 0 aromatic rings. The molecule has 1 saturated carbocycles. The Morgan fingerprint density at radius 2 is 1.65 bits per heavy atom. The predicted octanol–water partition coefficient (Wildman–Crippen LogP) is 1.47. The molecule has 1 fully saturated rings. The van der Waals surface area contributed by atoms with Gasteiger partial charge in [-0.3, -0.25) is 19.7 Å².